The van der Waals surface area contributed by atoms with E-state index in [2.05, 4.69) is 370 Å². The second-order valence-corrected chi connectivity index (χ2v) is 37.1. The fraction of sp³-hybridized carbons (Fsp3) is 0. The fourth-order valence-corrected chi connectivity index (χ4v) is 20.8. The third-order valence-electron chi connectivity index (χ3n) is 28.0. The average molecular weight is 1910 g/mol. The summed E-state index contributed by atoms with van der Waals surface area (Å²) in [5.41, 5.74) is 32.8. The lowest BCUT2D eigenvalue weighted by molar-refractivity contribution is 1.07. The van der Waals surface area contributed by atoms with E-state index in [0.717, 1.165) is 205 Å². The Morgan fingerprint density at radius 1 is 0.120 bits per heavy atom. The monoisotopic (exact) mass is 1910 g/mol. The Balaban J connectivity index is 0.000000113. The molecule has 19 aromatic carbocycles. The topological polar surface area (TPSA) is 155 Å². The molecule has 28 aromatic rings. The van der Waals surface area contributed by atoms with Crippen molar-refractivity contribution >= 4 is 97.6 Å². The predicted octanol–water partition coefficient (Wildman–Crippen LogP) is 34.9. The zero-order valence-corrected chi connectivity index (χ0v) is 81.2. The molecule has 28 rings (SSSR count). The van der Waals surface area contributed by atoms with Gasteiger partial charge in [-0.2, -0.15) is 0 Å². The molecule has 0 saturated carbocycles. The van der Waals surface area contributed by atoms with Crippen LogP contribution >= 0.6 is 0 Å². The van der Waals surface area contributed by atoms with Gasteiger partial charge >= 0.3 is 0 Å². The molecule has 0 fully saturated rings. The summed E-state index contributed by atoms with van der Waals surface area (Å²) < 4.78 is 0. The molecule has 0 aliphatic carbocycles. The third kappa shape index (κ3) is 17.3. The van der Waals surface area contributed by atoms with Crippen LogP contribution in [-0.2, 0) is 0 Å². The Labute approximate surface area is 865 Å². The number of fused-ring (bicyclic) bond motifs is 13. The van der Waals surface area contributed by atoms with E-state index in [4.69, 9.17) is 59.8 Å². The van der Waals surface area contributed by atoms with E-state index >= 15 is 0 Å². The average Bonchev–Trinajstić information content (AvgIpc) is 0.732. The molecule has 9 aromatic heterocycles. The first-order valence-corrected chi connectivity index (χ1v) is 50.3. The van der Waals surface area contributed by atoms with Gasteiger partial charge in [-0.05, 0) is 97.7 Å². The van der Waals surface area contributed by atoms with Crippen molar-refractivity contribution in [3.05, 3.63) is 534 Å². The lowest BCUT2D eigenvalue weighted by Crippen LogP contribution is -2.00. The van der Waals surface area contributed by atoms with Crippen LogP contribution in [0.2, 0.25) is 0 Å². The number of para-hydroxylation sites is 3. The van der Waals surface area contributed by atoms with Gasteiger partial charge in [0.2, 0.25) is 0 Å². The van der Waals surface area contributed by atoms with E-state index in [1.54, 1.807) is 0 Å². The normalized spacial score (nSPS) is 11.3. The molecule has 0 aliphatic heterocycles. The summed E-state index contributed by atoms with van der Waals surface area (Å²) in [6.45, 7) is 0. The zero-order chi connectivity index (χ0) is 99.6. The van der Waals surface area contributed by atoms with Gasteiger partial charge in [0.05, 0.1) is 78.8 Å². The SMILES string of the molecule is c1ccc(-c2cc(-c3ccc(-c4cccc5c4nc(-c4ccccn4)c4cccc(-c6ccccc6)c45)cc3)nc(-c3ccccc3)n2)cc1.c1ccc(-c2ccc3ccc4ccc(-c5cccc6c5nc(-c5cccc7ccccc57)c5cccc(-c7ccccc7)c56)nc4c3n2)cc1.c1ccc(-c2nc(-c3ccccc3)nc(-c3ccc(-c4cccc5c4nc(-c4ccccn4)c4cccc(-c6ccccc6)c45)cc3)n2)cc1. The molecule has 0 aliphatic rings. The molecule has 0 N–H and O–H groups in total. The molecule has 9 heterocycles. The number of hydrogen-bond donors (Lipinski definition) is 0. The van der Waals surface area contributed by atoms with E-state index in [0.29, 0.717) is 23.3 Å². The third-order valence-corrected chi connectivity index (χ3v) is 28.0. The van der Waals surface area contributed by atoms with Crippen molar-refractivity contribution in [2.75, 3.05) is 0 Å². The molecule has 150 heavy (non-hydrogen) atoms. The maximum absolute atomic E-state index is 5.58. The van der Waals surface area contributed by atoms with Gasteiger partial charge in [-0.25, -0.2) is 49.8 Å². The molecular formula is C138H88N12. The van der Waals surface area contributed by atoms with Crippen LogP contribution in [0.4, 0.5) is 0 Å². The second kappa shape index (κ2) is 39.8. The van der Waals surface area contributed by atoms with Gasteiger partial charge in [-0.1, -0.05) is 479 Å². The summed E-state index contributed by atoms with van der Waals surface area (Å²) in [6, 6.07) is 181. The van der Waals surface area contributed by atoms with Crippen LogP contribution in [0.3, 0.4) is 0 Å². The summed E-state index contributed by atoms with van der Waals surface area (Å²) in [5.74, 6) is 2.60. The van der Waals surface area contributed by atoms with Crippen LogP contribution in [0.5, 0.6) is 0 Å². The van der Waals surface area contributed by atoms with Gasteiger partial charge in [0.25, 0.3) is 0 Å². The lowest BCUT2D eigenvalue weighted by Gasteiger charge is -2.17. The van der Waals surface area contributed by atoms with Crippen molar-refractivity contribution in [2.45, 2.75) is 0 Å². The van der Waals surface area contributed by atoms with Crippen LogP contribution < -0.4 is 0 Å². The smallest absolute Gasteiger partial charge is 0.164 e. The molecule has 12 heteroatoms. The summed E-state index contributed by atoms with van der Waals surface area (Å²) in [6.07, 6.45) is 3.66. The van der Waals surface area contributed by atoms with Gasteiger partial charge in [0.15, 0.2) is 23.3 Å². The Morgan fingerprint density at radius 2 is 0.393 bits per heavy atom. The Bertz CT molecular complexity index is 9450. The maximum Gasteiger partial charge on any atom is 0.164 e. The lowest BCUT2D eigenvalue weighted by atomic mass is 9.90. The van der Waals surface area contributed by atoms with Crippen molar-refractivity contribution in [3.8, 4) is 180 Å². The number of benzene rings is 19. The van der Waals surface area contributed by atoms with Gasteiger partial charge in [-0.3, -0.25) is 9.97 Å². The van der Waals surface area contributed by atoms with E-state index < -0.39 is 0 Å². The number of nitrogens with zero attached hydrogens (tertiary/aromatic N) is 12. The largest absolute Gasteiger partial charge is 0.255 e. The van der Waals surface area contributed by atoms with Crippen LogP contribution in [0, 0.1) is 0 Å². The Hall–Kier alpha value is -20.3. The highest BCUT2D eigenvalue weighted by Gasteiger charge is 2.26. The van der Waals surface area contributed by atoms with Crippen molar-refractivity contribution in [2.24, 2.45) is 0 Å². The molecule has 0 unspecified atom stereocenters. The molecule has 0 bridgehead atoms. The van der Waals surface area contributed by atoms with Gasteiger partial charge in [0, 0.05) is 133 Å². The quantitative estimate of drug-likeness (QED) is 0.0846. The minimum Gasteiger partial charge on any atom is -0.255 e. The van der Waals surface area contributed by atoms with Crippen LogP contribution in [-0.4, -0.2) is 59.8 Å². The summed E-state index contributed by atoms with van der Waals surface area (Å²) in [7, 11) is 0. The fourth-order valence-electron chi connectivity index (χ4n) is 20.8. The minimum absolute atomic E-state index is 0.622. The van der Waals surface area contributed by atoms with Crippen molar-refractivity contribution in [1.29, 1.82) is 0 Å². The second-order valence-electron chi connectivity index (χ2n) is 37.1. The molecule has 0 saturated heterocycles. The number of aromatic nitrogens is 12. The van der Waals surface area contributed by atoms with Crippen molar-refractivity contribution < 1.29 is 0 Å². The van der Waals surface area contributed by atoms with E-state index in [-0.39, 0.29) is 0 Å². The van der Waals surface area contributed by atoms with Crippen LogP contribution in [0.25, 0.3) is 278 Å². The van der Waals surface area contributed by atoms with Gasteiger partial charge in [-0.15, -0.1) is 0 Å². The summed E-state index contributed by atoms with van der Waals surface area (Å²) in [4.78, 5) is 61.0. The first-order valence-electron chi connectivity index (χ1n) is 50.3. The Kier molecular flexibility index (Phi) is 23.8. The van der Waals surface area contributed by atoms with E-state index in [9.17, 15) is 0 Å². The molecule has 0 radical (unpaired) electrons. The Morgan fingerprint density at radius 3 is 0.820 bits per heavy atom. The van der Waals surface area contributed by atoms with E-state index in [1.807, 2.05) is 164 Å². The molecular weight excluding hydrogens is 1830 g/mol. The summed E-state index contributed by atoms with van der Waals surface area (Å²) >= 11 is 0. The highest BCUT2D eigenvalue weighted by molar-refractivity contribution is 6.23. The number of hydrogen-bond acceptors (Lipinski definition) is 12. The standard InChI is InChI=1S/C47H29N3.C46H30N4.C45H29N5/c1-3-12-31(13-4-1)36-19-10-22-39-43(36)40-23-11-21-38(47(40)50-46(39)37-20-9-17-30-14-7-8-18-35(30)37)42-29-27-34-25-24-33-26-28-41(32-15-5-2-6-16-32)48-44(33)45(34)49-42;1-4-14-31(15-5-1)36-20-12-23-39-43(36)38-22-13-21-37(44(38)50-45(39)40-24-10-11-29-47-40)32-25-27-34(28-26-32)42-30-41(33-16-6-2-7-17-33)48-46(49-42)35-18-8-3-9-19-35;1-4-14-30(15-5-1)35-20-12-23-38-40(35)37-22-13-21-36(41(37)47-42(38)39-24-10-11-29-46-39)31-25-27-34(28-26-31)45-49-43(32-16-6-2-7-17-32)48-44(50-45)33-18-8-3-9-19-33/h1-29H;1-30H;1-29H. The highest BCUT2D eigenvalue weighted by atomic mass is 15.0. The number of pyridine rings is 7. The molecule has 0 atom stereocenters. The predicted molar refractivity (Wildman–Crippen MR) is 617 cm³/mol. The first kappa shape index (κ1) is 89.7. The molecule has 0 amide bonds. The molecule has 12 nitrogen and oxygen atoms in total. The van der Waals surface area contributed by atoms with Crippen LogP contribution in [0.15, 0.2) is 534 Å². The van der Waals surface area contributed by atoms with Gasteiger partial charge in [0.1, 0.15) is 0 Å². The minimum atomic E-state index is 0.622. The zero-order valence-electron chi connectivity index (χ0n) is 81.2. The van der Waals surface area contributed by atoms with Crippen molar-refractivity contribution in [1.82, 2.24) is 59.8 Å². The number of rotatable bonds is 16. The summed E-state index contributed by atoms with van der Waals surface area (Å²) in [5, 5.41) is 14.6. The first-order chi connectivity index (χ1) is 74.4. The van der Waals surface area contributed by atoms with Crippen molar-refractivity contribution in [3.63, 3.8) is 0 Å². The van der Waals surface area contributed by atoms with Gasteiger partial charge < -0.3 is 0 Å². The highest BCUT2D eigenvalue weighted by Crippen LogP contribution is 2.48. The molecule has 700 valence electrons. The van der Waals surface area contributed by atoms with E-state index in [1.165, 1.54) is 49.4 Å². The molecule has 0 spiro atoms. The van der Waals surface area contributed by atoms with Crippen LogP contribution in [0.1, 0.15) is 0 Å². The maximum atomic E-state index is 5.58.